The predicted octanol–water partition coefficient (Wildman–Crippen LogP) is 4.83. The van der Waals surface area contributed by atoms with Crippen molar-refractivity contribution < 1.29 is 19.1 Å². The van der Waals surface area contributed by atoms with Gasteiger partial charge in [-0.15, -0.1) is 0 Å². The van der Waals surface area contributed by atoms with Crippen LogP contribution in [-0.2, 0) is 9.53 Å². The minimum Gasteiger partial charge on any atom is -0.497 e. The maximum Gasteiger partial charge on any atom is 0.338 e. The Balaban J connectivity index is 1.86. The third-order valence-corrected chi connectivity index (χ3v) is 5.12. The van der Waals surface area contributed by atoms with Crippen molar-refractivity contribution >= 4 is 23.6 Å². The number of nitrogens with one attached hydrogen (secondary N) is 1. The number of ether oxygens (including phenoxy) is 2. The van der Waals surface area contributed by atoms with E-state index < -0.39 is 5.91 Å². The lowest BCUT2D eigenvalue weighted by atomic mass is 10.1. The Morgan fingerprint density at radius 3 is 2.33 bits per heavy atom. The van der Waals surface area contributed by atoms with Gasteiger partial charge in [0.25, 0.3) is 5.91 Å². The van der Waals surface area contributed by atoms with Crippen LogP contribution in [0.25, 0.3) is 11.8 Å². The van der Waals surface area contributed by atoms with E-state index in [4.69, 9.17) is 9.47 Å². The zero-order valence-corrected chi connectivity index (χ0v) is 19.0. The number of rotatable bonds is 7. The number of anilines is 1. The Morgan fingerprint density at radius 2 is 1.76 bits per heavy atom. The van der Waals surface area contributed by atoms with Crippen LogP contribution in [0, 0.1) is 25.2 Å². The molecular formula is C26H25N3O4. The summed E-state index contributed by atoms with van der Waals surface area (Å²) in [4.78, 5) is 24.5. The van der Waals surface area contributed by atoms with E-state index in [0.29, 0.717) is 23.6 Å². The van der Waals surface area contributed by atoms with Gasteiger partial charge in [0.05, 0.1) is 19.3 Å². The Hall–Kier alpha value is -4.31. The lowest BCUT2D eigenvalue weighted by Gasteiger charge is -2.10. The summed E-state index contributed by atoms with van der Waals surface area (Å²) in [6.45, 7) is 5.93. The number of methoxy groups -OCH3 is 1. The summed E-state index contributed by atoms with van der Waals surface area (Å²) in [7, 11) is 1.56. The Kier molecular flexibility index (Phi) is 7.31. The largest absolute Gasteiger partial charge is 0.497 e. The molecule has 0 bridgehead atoms. The summed E-state index contributed by atoms with van der Waals surface area (Å²) in [5, 5.41) is 12.3. The van der Waals surface area contributed by atoms with E-state index in [-0.39, 0.29) is 11.5 Å². The van der Waals surface area contributed by atoms with E-state index in [2.05, 4.69) is 5.32 Å². The third kappa shape index (κ3) is 5.31. The van der Waals surface area contributed by atoms with Crippen molar-refractivity contribution in [3.63, 3.8) is 0 Å². The van der Waals surface area contributed by atoms with Crippen molar-refractivity contribution in [2.75, 3.05) is 19.0 Å². The molecule has 0 saturated carbocycles. The van der Waals surface area contributed by atoms with E-state index in [0.717, 1.165) is 22.6 Å². The summed E-state index contributed by atoms with van der Waals surface area (Å²) in [5.74, 6) is -0.187. The van der Waals surface area contributed by atoms with Crippen LogP contribution < -0.4 is 10.1 Å². The molecule has 7 nitrogen and oxygen atoms in total. The van der Waals surface area contributed by atoms with Gasteiger partial charge in [0, 0.05) is 22.8 Å². The summed E-state index contributed by atoms with van der Waals surface area (Å²) in [5.41, 5.74) is 4.43. The van der Waals surface area contributed by atoms with Crippen molar-refractivity contribution in [1.29, 1.82) is 5.26 Å². The van der Waals surface area contributed by atoms with Crippen molar-refractivity contribution in [3.8, 4) is 17.5 Å². The SMILES string of the molecule is CCOC(=O)c1ccc(-n2c(C)cc(/C=C(/C#N)C(=O)Nc3ccc(OC)cc3)c2C)cc1. The number of hydrogen-bond donors (Lipinski definition) is 1. The first-order chi connectivity index (χ1) is 15.9. The number of nitriles is 1. The van der Waals surface area contributed by atoms with Gasteiger partial charge in [0.1, 0.15) is 17.4 Å². The molecule has 1 heterocycles. The zero-order chi connectivity index (χ0) is 24.0. The van der Waals surface area contributed by atoms with Crippen LogP contribution in [0.15, 0.2) is 60.2 Å². The lowest BCUT2D eigenvalue weighted by molar-refractivity contribution is -0.112. The third-order valence-electron chi connectivity index (χ3n) is 5.12. The minimum atomic E-state index is -0.494. The number of aromatic nitrogens is 1. The Labute approximate surface area is 192 Å². The van der Waals surface area contributed by atoms with Gasteiger partial charge in [-0.2, -0.15) is 5.26 Å². The quantitative estimate of drug-likeness (QED) is 0.321. The van der Waals surface area contributed by atoms with E-state index in [1.165, 1.54) is 0 Å². The van der Waals surface area contributed by atoms with Gasteiger partial charge in [-0.25, -0.2) is 4.79 Å². The van der Waals surface area contributed by atoms with Crippen molar-refractivity contribution in [2.45, 2.75) is 20.8 Å². The average Bonchev–Trinajstić information content (AvgIpc) is 3.10. The maximum absolute atomic E-state index is 12.6. The molecule has 0 spiro atoms. The Bertz CT molecular complexity index is 1230. The summed E-state index contributed by atoms with van der Waals surface area (Å²) in [6.07, 6.45) is 1.57. The van der Waals surface area contributed by atoms with Gasteiger partial charge in [0.15, 0.2) is 0 Å². The number of carbonyl (C=O) groups is 2. The smallest absolute Gasteiger partial charge is 0.338 e. The number of nitrogens with zero attached hydrogens (tertiary/aromatic N) is 2. The highest BCUT2D eigenvalue weighted by Gasteiger charge is 2.15. The average molecular weight is 444 g/mol. The van der Waals surface area contributed by atoms with Crippen LogP contribution in [-0.4, -0.2) is 30.2 Å². The van der Waals surface area contributed by atoms with Crippen molar-refractivity contribution in [3.05, 3.63) is 82.7 Å². The first kappa shape index (κ1) is 23.4. The maximum atomic E-state index is 12.6. The first-order valence-electron chi connectivity index (χ1n) is 10.4. The Morgan fingerprint density at radius 1 is 1.09 bits per heavy atom. The van der Waals surface area contributed by atoms with Crippen LogP contribution in [0.1, 0.15) is 34.2 Å². The molecule has 0 saturated heterocycles. The van der Waals surface area contributed by atoms with Crippen molar-refractivity contribution in [1.82, 2.24) is 4.57 Å². The molecule has 7 heteroatoms. The number of carbonyl (C=O) groups excluding carboxylic acids is 2. The van der Waals surface area contributed by atoms with Crippen molar-refractivity contribution in [2.24, 2.45) is 0 Å². The van der Waals surface area contributed by atoms with Gasteiger partial charge in [-0.05, 0) is 87.0 Å². The molecule has 2 aromatic carbocycles. The van der Waals surface area contributed by atoms with Crippen LogP contribution in [0.3, 0.4) is 0 Å². The summed E-state index contributed by atoms with van der Waals surface area (Å²) < 4.78 is 12.1. The van der Waals surface area contributed by atoms with Crippen LogP contribution >= 0.6 is 0 Å². The second kappa shape index (κ2) is 10.3. The molecule has 0 aliphatic rings. The predicted molar refractivity (Wildman–Crippen MR) is 126 cm³/mol. The molecule has 3 rings (SSSR count). The highest BCUT2D eigenvalue weighted by molar-refractivity contribution is 6.09. The molecule has 1 N–H and O–H groups in total. The van der Waals surface area contributed by atoms with E-state index >= 15 is 0 Å². The molecule has 0 aliphatic carbocycles. The highest BCUT2D eigenvalue weighted by atomic mass is 16.5. The fourth-order valence-corrected chi connectivity index (χ4v) is 3.47. The number of esters is 1. The van der Waals surface area contributed by atoms with Crippen LogP contribution in [0.5, 0.6) is 5.75 Å². The fraction of sp³-hybridized carbons (Fsp3) is 0.192. The molecular weight excluding hydrogens is 418 g/mol. The van der Waals surface area contributed by atoms with E-state index in [9.17, 15) is 14.9 Å². The van der Waals surface area contributed by atoms with Crippen LogP contribution in [0.4, 0.5) is 5.69 Å². The second-order valence-corrected chi connectivity index (χ2v) is 7.28. The summed E-state index contributed by atoms with van der Waals surface area (Å²) in [6, 6.07) is 17.9. The van der Waals surface area contributed by atoms with Gasteiger partial charge >= 0.3 is 5.97 Å². The molecule has 3 aromatic rings. The topological polar surface area (TPSA) is 93.4 Å². The van der Waals surface area contributed by atoms with Gasteiger partial charge in [0.2, 0.25) is 0 Å². The molecule has 0 radical (unpaired) electrons. The van der Waals surface area contributed by atoms with Gasteiger partial charge < -0.3 is 19.4 Å². The molecule has 1 amide bonds. The number of benzene rings is 2. The molecule has 0 atom stereocenters. The zero-order valence-electron chi connectivity index (χ0n) is 19.0. The number of aryl methyl sites for hydroxylation is 1. The number of hydrogen-bond acceptors (Lipinski definition) is 5. The minimum absolute atomic E-state index is 0.0104. The molecule has 0 aliphatic heterocycles. The second-order valence-electron chi connectivity index (χ2n) is 7.28. The lowest BCUT2D eigenvalue weighted by Crippen LogP contribution is -2.13. The monoisotopic (exact) mass is 443 g/mol. The normalized spacial score (nSPS) is 10.9. The van der Waals surface area contributed by atoms with Gasteiger partial charge in [-0.1, -0.05) is 0 Å². The molecule has 0 fully saturated rings. The fourth-order valence-electron chi connectivity index (χ4n) is 3.47. The standard InChI is InChI=1S/C26H25N3O4/c1-5-33-26(31)19-6-10-23(11-7-19)29-17(2)14-20(18(29)3)15-21(16-27)25(30)28-22-8-12-24(32-4)13-9-22/h6-15H,5H2,1-4H3,(H,28,30)/b21-15-. The molecule has 1 aromatic heterocycles. The van der Waals surface area contributed by atoms with Crippen LogP contribution in [0.2, 0.25) is 0 Å². The van der Waals surface area contributed by atoms with Gasteiger partial charge in [-0.3, -0.25) is 4.79 Å². The molecule has 168 valence electrons. The first-order valence-corrected chi connectivity index (χ1v) is 10.4. The van der Waals surface area contributed by atoms with E-state index in [1.54, 1.807) is 56.5 Å². The summed E-state index contributed by atoms with van der Waals surface area (Å²) >= 11 is 0. The highest BCUT2D eigenvalue weighted by Crippen LogP contribution is 2.24. The number of amides is 1. The van der Waals surface area contributed by atoms with E-state index in [1.807, 2.05) is 42.7 Å². The molecule has 0 unspecified atom stereocenters. The molecule has 33 heavy (non-hydrogen) atoms.